The lowest BCUT2D eigenvalue weighted by Gasteiger charge is -2.19. The third-order valence-electron chi connectivity index (χ3n) is 1.79. The number of thioether (sulfide) groups is 1. The van der Waals surface area contributed by atoms with Crippen molar-refractivity contribution < 1.29 is 5.11 Å². The number of thiazole rings is 1. The van der Waals surface area contributed by atoms with Gasteiger partial charge in [0.25, 0.3) is 0 Å². The average Bonchev–Trinajstić information content (AvgIpc) is 2.47. The van der Waals surface area contributed by atoms with Gasteiger partial charge in [-0.1, -0.05) is 20.8 Å². The molecule has 4 heteroatoms. The van der Waals surface area contributed by atoms with Crippen LogP contribution in [-0.2, 0) is 6.42 Å². The second-order valence-electron chi connectivity index (χ2n) is 4.66. The van der Waals surface area contributed by atoms with E-state index in [4.69, 9.17) is 0 Å². The average molecular weight is 245 g/mol. The Morgan fingerprint density at radius 1 is 1.53 bits per heavy atom. The third kappa shape index (κ3) is 5.54. The largest absolute Gasteiger partial charge is 0.392 e. The molecule has 0 bridgehead atoms. The van der Waals surface area contributed by atoms with Gasteiger partial charge >= 0.3 is 0 Å². The molecule has 1 unspecified atom stereocenters. The van der Waals surface area contributed by atoms with E-state index in [1.54, 1.807) is 23.1 Å². The van der Waals surface area contributed by atoms with Gasteiger partial charge in [-0.25, -0.2) is 4.98 Å². The van der Waals surface area contributed by atoms with Crippen molar-refractivity contribution in [1.29, 1.82) is 0 Å². The van der Waals surface area contributed by atoms with Crippen molar-refractivity contribution in [3.8, 4) is 0 Å². The van der Waals surface area contributed by atoms with Crippen LogP contribution in [0, 0.1) is 6.92 Å². The van der Waals surface area contributed by atoms with Gasteiger partial charge in [0.1, 0.15) is 0 Å². The molecule has 86 valence electrons. The fourth-order valence-corrected chi connectivity index (χ4v) is 2.76. The van der Waals surface area contributed by atoms with Gasteiger partial charge in [0.05, 0.1) is 11.1 Å². The Balaban J connectivity index is 2.33. The lowest BCUT2D eigenvalue weighted by Crippen LogP contribution is -2.18. The molecule has 0 fully saturated rings. The number of nitrogens with zero attached hydrogens (tertiary/aromatic N) is 1. The summed E-state index contributed by atoms with van der Waals surface area (Å²) in [4.78, 5) is 4.34. The van der Waals surface area contributed by atoms with Crippen molar-refractivity contribution in [3.05, 3.63) is 16.1 Å². The molecule has 1 aromatic rings. The molecule has 0 aliphatic rings. The first-order valence-electron chi connectivity index (χ1n) is 5.10. The van der Waals surface area contributed by atoms with E-state index in [2.05, 4.69) is 25.8 Å². The lowest BCUT2D eigenvalue weighted by atomic mass is 10.3. The highest BCUT2D eigenvalue weighted by atomic mass is 32.2. The van der Waals surface area contributed by atoms with Crippen LogP contribution in [0.1, 0.15) is 31.5 Å². The molecule has 15 heavy (non-hydrogen) atoms. The Kier molecular flexibility index (Phi) is 4.62. The molecular formula is C11H19NOS2. The molecular weight excluding hydrogens is 226 g/mol. The standard InChI is InChI=1S/C11H19NOS2/c1-8-6-14-10(12-8)5-9(13)7-15-11(2,3)4/h6,9,13H,5,7H2,1-4H3. The summed E-state index contributed by atoms with van der Waals surface area (Å²) < 4.78 is 0.222. The molecule has 0 aliphatic heterocycles. The first-order valence-corrected chi connectivity index (χ1v) is 6.96. The Morgan fingerprint density at radius 3 is 2.67 bits per heavy atom. The molecule has 1 aromatic heterocycles. The monoisotopic (exact) mass is 245 g/mol. The second-order valence-corrected chi connectivity index (χ2v) is 7.45. The van der Waals surface area contributed by atoms with E-state index in [1.165, 1.54) is 0 Å². The van der Waals surface area contributed by atoms with Crippen LogP contribution >= 0.6 is 23.1 Å². The van der Waals surface area contributed by atoms with Gasteiger partial charge in [0, 0.05) is 28.0 Å². The summed E-state index contributed by atoms with van der Waals surface area (Å²) in [7, 11) is 0. The van der Waals surface area contributed by atoms with Gasteiger partial charge in [0.2, 0.25) is 0 Å². The zero-order chi connectivity index (χ0) is 11.5. The molecule has 0 aliphatic carbocycles. The Bertz CT molecular complexity index is 304. The van der Waals surface area contributed by atoms with Gasteiger partial charge in [-0.2, -0.15) is 11.8 Å². The van der Waals surface area contributed by atoms with Crippen molar-refractivity contribution in [2.45, 2.75) is 45.0 Å². The molecule has 0 saturated carbocycles. The number of hydrogen-bond acceptors (Lipinski definition) is 4. The highest BCUT2D eigenvalue weighted by Gasteiger charge is 2.15. The Morgan fingerprint density at radius 2 is 2.20 bits per heavy atom. The van der Waals surface area contributed by atoms with Crippen LogP contribution in [0.5, 0.6) is 0 Å². The molecule has 1 atom stereocenters. The molecule has 0 amide bonds. The van der Waals surface area contributed by atoms with Gasteiger partial charge < -0.3 is 5.11 Å². The quantitative estimate of drug-likeness (QED) is 0.885. The fraction of sp³-hybridized carbons (Fsp3) is 0.727. The normalized spacial score (nSPS) is 14.2. The summed E-state index contributed by atoms with van der Waals surface area (Å²) in [6.07, 6.45) is 0.404. The van der Waals surface area contributed by atoms with Gasteiger partial charge in [-0.05, 0) is 6.92 Å². The van der Waals surface area contributed by atoms with E-state index in [0.29, 0.717) is 6.42 Å². The highest BCUT2D eigenvalue weighted by molar-refractivity contribution is 8.00. The molecule has 2 nitrogen and oxygen atoms in total. The summed E-state index contributed by atoms with van der Waals surface area (Å²) in [6, 6.07) is 0. The van der Waals surface area contributed by atoms with Crippen LogP contribution in [0.3, 0.4) is 0 Å². The first-order chi connectivity index (χ1) is 6.87. The predicted molar refractivity (Wildman–Crippen MR) is 68.8 cm³/mol. The molecule has 1 heterocycles. The van der Waals surface area contributed by atoms with Crippen LogP contribution in [-0.4, -0.2) is 26.7 Å². The number of hydrogen-bond donors (Lipinski definition) is 1. The van der Waals surface area contributed by atoms with Crippen molar-refractivity contribution in [3.63, 3.8) is 0 Å². The van der Waals surface area contributed by atoms with E-state index in [9.17, 15) is 5.11 Å². The van der Waals surface area contributed by atoms with Gasteiger partial charge in [0.15, 0.2) is 0 Å². The minimum atomic E-state index is -0.278. The van der Waals surface area contributed by atoms with Crippen LogP contribution < -0.4 is 0 Å². The maximum atomic E-state index is 9.82. The smallest absolute Gasteiger partial charge is 0.0954 e. The molecule has 1 rings (SSSR count). The Hall–Kier alpha value is -0.0600. The van der Waals surface area contributed by atoms with Gasteiger partial charge in [-0.15, -0.1) is 11.3 Å². The van der Waals surface area contributed by atoms with Crippen molar-refractivity contribution in [2.24, 2.45) is 0 Å². The molecule has 0 saturated heterocycles. The van der Waals surface area contributed by atoms with Crippen LogP contribution in [0.15, 0.2) is 5.38 Å². The molecule has 0 aromatic carbocycles. The van der Waals surface area contributed by atoms with E-state index >= 15 is 0 Å². The number of rotatable bonds is 4. The van der Waals surface area contributed by atoms with Gasteiger partial charge in [-0.3, -0.25) is 0 Å². The lowest BCUT2D eigenvalue weighted by molar-refractivity contribution is 0.199. The fourth-order valence-electron chi connectivity index (χ4n) is 1.10. The predicted octanol–water partition coefficient (Wildman–Crippen LogP) is 2.89. The molecule has 0 radical (unpaired) electrons. The van der Waals surface area contributed by atoms with Crippen LogP contribution in [0.25, 0.3) is 0 Å². The zero-order valence-electron chi connectivity index (χ0n) is 9.78. The summed E-state index contributed by atoms with van der Waals surface area (Å²) in [5.41, 5.74) is 1.05. The maximum Gasteiger partial charge on any atom is 0.0954 e. The molecule has 0 spiro atoms. The summed E-state index contributed by atoms with van der Waals surface area (Å²) >= 11 is 3.43. The zero-order valence-corrected chi connectivity index (χ0v) is 11.4. The number of aliphatic hydroxyl groups is 1. The van der Waals surface area contributed by atoms with Crippen molar-refractivity contribution in [2.75, 3.05) is 5.75 Å². The number of aromatic nitrogens is 1. The Labute approximate surface area is 100 Å². The first kappa shape index (κ1) is 13.0. The van der Waals surface area contributed by atoms with E-state index < -0.39 is 0 Å². The molecule has 1 N–H and O–H groups in total. The van der Waals surface area contributed by atoms with Crippen LogP contribution in [0.2, 0.25) is 0 Å². The summed E-state index contributed by atoms with van der Waals surface area (Å²) in [5, 5.41) is 12.9. The van der Waals surface area contributed by atoms with E-state index in [1.807, 2.05) is 12.3 Å². The van der Waals surface area contributed by atoms with E-state index in [0.717, 1.165) is 16.5 Å². The van der Waals surface area contributed by atoms with Crippen molar-refractivity contribution in [1.82, 2.24) is 4.98 Å². The highest BCUT2D eigenvalue weighted by Crippen LogP contribution is 2.24. The topological polar surface area (TPSA) is 33.1 Å². The minimum absolute atomic E-state index is 0.222. The second kappa shape index (κ2) is 5.32. The summed E-state index contributed by atoms with van der Waals surface area (Å²) in [5.74, 6) is 0.780. The van der Waals surface area contributed by atoms with Crippen molar-refractivity contribution >= 4 is 23.1 Å². The van der Waals surface area contributed by atoms with Crippen LogP contribution in [0.4, 0.5) is 0 Å². The SMILES string of the molecule is Cc1csc(CC(O)CSC(C)(C)C)n1. The maximum absolute atomic E-state index is 9.82. The number of aliphatic hydroxyl groups excluding tert-OH is 1. The minimum Gasteiger partial charge on any atom is -0.392 e. The third-order valence-corrected chi connectivity index (χ3v) is 4.19. The number of aryl methyl sites for hydroxylation is 1. The summed E-state index contributed by atoms with van der Waals surface area (Å²) in [6.45, 7) is 8.48. The van der Waals surface area contributed by atoms with E-state index in [-0.39, 0.29) is 10.9 Å².